The number of rotatable bonds is 7. The monoisotopic (exact) mass is 314 g/mol. The third kappa shape index (κ3) is 3.64. The fourth-order valence-electron chi connectivity index (χ4n) is 1.61. The zero-order chi connectivity index (χ0) is 16.9. The normalized spacial score (nSPS) is 12.9. The van der Waals surface area contributed by atoms with Gasteiger partial charge in [-0.1, -0.05) is 6.07 Å². The van der Waals surface area contributed by atoms with Crippen molar-refractivity contribution < 1.29 is 43.9 Å². The lowest BCUT2D eigenvalue weighted by Gasteiger charge is -2.18. The molecule has 1 aromatic carbocycles. The van der Waals surface area contributed by atoms with Gasteiger partial charge in [-0.15, -0.1) is 0 Å². The first kappa shape index (κ1) is 17.2. The number of esters is 1. The fraction of sp³-hybridized carbons (Fsp3) is 0.308. The number of carbonyl (C=O) groups is 3. The van der Waals surface area contributed by atoms with E-state index in [0.717, 1.165) is 0 Å². The van der Waals surface area contributed by atoms with Crippen LogP contribution in [0.5, 0.6) is 11.5 Å². The summed E-state index contributed by atoms with van der Waals surface area (Å²) in [5.74, 6) is -4.78. The first-order valence-corrected chi connectivity index (χ1v) is 5.89. The molecule has 0 spiro atoms. The Labute approximate surface area is 124 Å². The molecule has 0 aliphatic carbocycles. The third-order valence-corrected chi connectivity index (χ3v) is 2.65. The van der Waals surface area contributed by atoms with Crippen LogP contribution in [0.1, 0.15) is 10.4 Å². The van der Waals surface area contributed by atoms with Gasteiger partial charge in [-0.05, 0) is 12.1 Å². The van der Waals surface area contributed by atoms with E-state index in [-0.39, 0.29) is 17.1 Å². The van der Waals surface area contributed by atoms with Crippen LogP contribution in [0.4, 0.5) is 0 Å². The Balaban J connectivity index is 3.15. The Morgan fingerprint density at radius 2 is 1.50 bits per heavy atom. The number of carbonyl (C=O) groups excluding carboxylic acids is 1. The number of hydrogen-bond acceptors (Lipinski definition) is 7. The van der Waals surface area contributed by atoms with Gasteiger partial charge in [0.05, 0.1) is 14.2 Å². The second-order valence-corrected chi connectivity index (χ2v) is 3.98. The van der Waals surface area contributed by atoms with Gasteiger partial charge in [0, 0.05) is 0 Å². The Morgan fingerprint density at radius 1 is 1.00 bits per heavy atom. The molecule has 0 aliphatic rings. The molecule has 0 aliphatic heterocycles. The summed E-state index contributed by atoms with van der Waals surface area (Å²) in [6.07, 6.45) is -4.69. The lowest BCUT2D eigenvalue weighted by atomic mass is 10.1. The van der Waals surface area contributed by atoms with Crippen LogP contribution in [-0.4, -0.2) is 59.7 Å². The quantitative estimate of drug-likeness (QED) is 0.581. The summed E-state index contributed by atoms with van der Waals surface area (Å²) in [5, 5.41) is 26.8. The molecule has 3 N–H and O–H groups in total. The molecule has 0 fully saturated rings. The molecule has 9 nitrogen and oxygen atoms in total. The summed E-state index contributed by atoms with van der Waals surface area (Å²) in [5.41, 5.74) is -0.226. The van der Waals surface area contributed by atoms with E-state index in [4.69, 9.17) is 19.7 Å². The average Bonchev–Trinajstić information content (AvgIpc) is 2.50. The molecular formula is C13H14O9. The molecule has 1 aromatic rings. The number of carboxylic acid groups (broad SMARTS) is 2. The Bertz CT molecular complexity index is 559. The fourth-order valence-corrected chi connectivity index (χ4v) is 1.61. The topological polar surface area (TPSA) is 140 Å². The SMILES string of the molecule is COc1cccc(OC)c1C(=O)OC(C(=O)O)C(O)C(=O)O. The Morgan fingerprint density at radius 3 is 1.86 bits per heavy atom. The highest BCUT2D eigenvalue weighted by atomic mass is 16.6. The molecule has 0 amide bonds. The minimum atomic E-state index is -2.41. The molecule has 0 bridgehead atoms. The summed E-state index contributed by atoms with van der Waals surface area (Å²) in [6.45, 7) is 0. The number of carboxylic acids is 2. The predicted molar refractivity (Wildman–Crippen MR) is 70.0 cm³/mol. The molecular weight excluding hydrogens is 300 g/mol. The van der Waals surface area contributed by atoms with Crippen LogP contribution < -0.4 is 9.47 Å². The average molecular weight is 314 g/mol. The highest BCUT2D eigenvalue weighted by molar-refractivity contribution is 5.97. The van der Waals surface area contributed by atoms with Crippen molar-refractivity contribution in [3.63, 3.8) is 0 Å². The van der Waals surface area contributed by atoms with E-state index < -0.39 is 30.1 Å². The van der Waals surface area contributed by atoms with Crippen LogP contribution in [-0.2, 0) is 14.3 Å². The standard InChI is InChI=1S/C13H14O9/c1-20-6-4-3-5-7(21-2)8(6)13(19)22-10(12(17)18)9(14)11(15)16/h3-5,9-10,14H,1-2H3,(H,15,16)(H,17,18). The van der Waals surface area contributed by atoms with Crippen molar-refractivity contribution >= 4 is 17.9 Å². The van der Waals surface area contributed by atoms with Gasteiger partial charge in [-0.25, -0.2) is 14.4 Å². The molecule has 22 heavy (non-hydrogen) atoms. The van der Waals surface area contributed by atoms with Gasteiger partial charge in [0.1, 0.15) is 17.1 Å². The summed E-state index contributed by atoms with van der Waals surface area (Å²) >= 11 is 0. The van der Waals surface area contributed by atoms with E-state index in [2.05, 4.69) is 4.74 Å². The van der Waals surface area contributed by atoms with Gasteiger partial charge in [-0.3, -0.25) is 0 Å². The van der Waals surface area contributed by atoms with Crippen LogP contribution in [0.3, 0.4) is 0 Å². The molecule has 0 saturated heterocycles. The van der Waals surface area contributed by atoms with Crippen LogP contribution in [0.25, 0.3) is 0 Å². The van der Waals surface area contributed by atoms with Gasteiger partial charge < -0.3 is 29.5 Å². The van der Waals surface area contributed by atoms with Crippen molar-refractivity contribution in [3.05, 3.63) is 23.8 Å². The number of ether oxygens (including phenoxy) is 3. The highest BCUT2D eigenvalue weighted by Gasteiger charge is 2.37. The molecule has 120 valence electrons. The summed E-state index contributed by atoms with van der Waals surface area (Å²) in [7, 11) is 2.54. The van der Waals surface area contributed by atoms with Crippen molar-refractivity contribution in [2.24, 2.45) is 0 Å². The molecule has 0 heterocycles. The minimum Gasteiger partial charge on any atom is -0.496 e. The maximum absolute atomic E-state index is 12.1. The molecule has 0 saturated carbocycles. The highest BCUT2D eigenvalue weighted by Crippen LogP contribution is 2.29. The van der Waals surface area contributed by atoms with Crippen molar-refractivity contribution in [2.45, 2.75) is 12.2 Å². The smallest absolute Gasteiger partial charge is 0.348 e. The number of aliphatic carboxylic acids is 2. The number of aliphatic hydroxyl groups excluding tert-OH is 1. The molecule has 0 radical (unpaired) electrons. The number of methoxy groups -OCH3 is 2. The van der Waals surface area contributed by atoms with Crippen LogP contribution in [0, 0.1) is 0 Å². The molecule has 9 heteroatoms. The largest absolute Gasteiger partial charge is 0.496 e. The second kappa shape index (κ2) is 7.27. The van der Waals surface area contributed by atoms with E-state index in [1.165, 1.54) is 32.4 Å². The van der Waals surface area contributed by atoms with Crippen molar-refractivity contribution in [1.82, 2.24) is 0 Å². The zero-order valence-corrected chi connectivity index (χ0v) is 11.7. The summed E-state index contributed by atoms with van der Waals surface area (Å²) in [4.78, 5) is 33.7. The maximum atomic E-state index is 12.1. The van der Waals surface area contributed by atoms with Gasteiger partial charge in [-0.2, -0.15) is 0 Å². The van der Waals surface area contributed by atoms with E-state index in [0.29, 0.717) is 0 Å². The lowest BCUT2D eigenvalue weighted by molar-refractivity contribution is -0.166. The third-order valence-electron chi connectivity index (χ3n) is 2.65. The summed E-state index contributed by atoms with van der Waals surface area (Å²) < 4.78 is 14.5. The Hall–Kier alpha value is -2.81. The number of benzene rings is 1. The van der Waals surface area contributed by atoms with E-state index in [1.807, 2.05) is 0 Å². The first-order chi connectivity index (χ1) is 10.3. The van der Waals surface area contributed by atoms with E-state index in [1.54, 1.807) is 0 Å². The number of aliphatic hydroxyl groups is 1. The van der Waals surface area contributed by atoms with Crippen molar-refractivity contribution in [2.75, 3.05) is 14.2 Å². The molecule has 0 aromatic heterocycles. The van der Waals surface area contributed by atoms with Crippen molar-refractivity contribution in [1.29, 1.82) is 0 Å². The minimum absolute atomic E-state index is 0.0401. The summed E-state index contributed by atoms with van der Waals surface area (Å²) in [6, 6.07) is 4.33. The second-order valence-electron chi connectivity index (χ2n) is 3.98. The number of hydrogen-bond donors (Lipinski definition) is 3. The Kier molecular flexibility index (Phi) is 5.70. The maximum Gasteiger partial charge on any atom is 0.348 e. The molecule has 2 unspecified atom stereocenters. The van der Waals surface area contributed by atoms with Gasteiger partial charge in [0.2, 0.25) is 6.10 Å². The van der Waals surface area contributed by atoms with Gasteiger partial charge in [0.25, 0.3) is 0 Å². The van der Waals surface area contributed by atoms with Gasteiger partial charge >= 0.3 is 17.9 Å². The van der Waals surface area contributed by atoms with Crippen LogP contribution in [0.2, 0.25) is 0 Å². The van der Waals surface area contributed by atoms with Gasteiger partial charge in [0.15, 0.2) is 6.10 Å². The van der Waals surface area contributed by atoms with Crippen LogP contribution in [0.15, 0.2) is 18.2 Å². The van der Waals surface area contributed by atoms with Crippen LogP contribution >= 0.6 is 0 Å². The first-order valence-electron chi connectivity index (χ1n) is 5.89. The van der Waals surface area contributed by atoms with E-state index in [9.17, 15) is 19.5 Å². The lowest BCUT2D eigenvalue weighted by Crippen LogP contribution is -2.43. The predicted octanol–water partition coefficient (Wildman–Crippen LogP) is -0.241. The van der Waals surface area contributed by atoms with E-state index >= 15 is 0 Å². The van der Waals surface area contributed by atoms with Crippen molar-refractivity contribution in [3.8, 4) is 11.5 Å². The zero-order valence-electron chi connectivity index (χ0n) is 11.7. The molecule has 2 atom stereocenters. The molecule has 1 rings (SSSR count).